The molecule has 0 spiro atoms. The summed E-state index contributed by atoms with van der Waals surface area (Å²) in [6.45, 7) is 3.74. The Labute approximate surface area is 151 Å². The number of carbonyl (C=O) groups excluding carboxylic acids is 1. The Morgan fingerprint density at radius 1 is 1.20 bits per heavy atom. The minimum absolute atomic E-state index is 0.171. The lowest BCUT2D eigenvalue weighted by Crippen LogP contribution is -2.27. The van der Waals surface area contributed by atoms with Crippen molar-refractivity contribution in [1.82, 2.24) is 10.3 Å². The fourth-order valence-corrected chi connectivity index (χ4v) is 3.08. The lowest BCUT2D eigenvalue weighted by Gasteiger charge is -2.16. The Morgan fingerprint density at radius 3 is 2.68 bits per heavy atom. The van der Waals surface area contributed by atoms with Crippen LogP contribution in [0.4, 0.5) is 0 Å². The van der Waals surface area contributed by atoms with E-state index in [0.29, 0.717) is 16.3 Å². The number of ether oxygens (including phenoxy) is 1. The largest absolute Gasteiger partial charge is 0.497 e. The molecule has 1 heterocycles. The number of nitrogens with zero attached hydrogens (tertiary/aromatic N) is 1. The molecule has 0 aliphatic rings. The van der Waals surface area contributed by atoms with Crippen LogP contribution in [0.25, 0.3) is 10.9 Å². The van der Waals surface area contributed by atoms with Crippen LogP contribution in [0, 0.1) is 6.92 Å². The van der Waals surface area contributed by atoms with Crippen LogP contribution in [0.2, 0.25) is 5.02 Å². The monoisotopic (exact) mass is 354 g/mol. The van der Waals surface area contributed by atoms with Crippen molar-refractivity contribution >= 4 is 28.4 Å². The first-order valence-corrected chi connectivity index (χ1v) is 8.38. The molecule has 1 amide bonds. The SMILES string of the molecule is COc1ccc2cc(C(=O)NC(C)c3ccccc3Cl)c(C)nc2c1. The van der Waals surface area contributed by atoms with Gasteiger partial charge in [0.15, 0.2) is 0 Å². The quantitative estimate of drug-likeness (QED) is 0.739. The minimum Gasteiger partial charge on any atom is -0.497 e. The molecule has 25 heavy (non-hydrogen) atoms. The molecule has 0 saturated carbocycles. The molecule has 2 aromatic carbocycles. The topological polar surface area (TPSA) is 51.2 Å². The molecule has 0 aliphatic heterocycles. The first-order valence-electron chi connectivity index (χ1n) is 8.00. The van der Waals surface area contributed by atoms with Crippen LogP contribution in [-0.4, -0.2) is 18.0 Å². The van der Waals surface area contributed by atoms with Crippen molar-refractivity contribution in [3.8, 4) is 5.75 Å². The van der Waals surface area contributed by atoms with Gasteiger partial charge in [0, 0.05) is 16.5 Å². The number of rotatable bonds is 4. The summed E-state index contributed by atoms with van der Waals surface area (Å²) in [6, 6.07) is 14.8. The summed E-state index contributed by atoms with van der Waals surface area (Å²) in [5, 5.41) is 4.52. The second-order valence-corrected chi connectivity index (χ2v) is 6.30. The molecule has 3 rings (SSSR count). The number of halogens is 1. The number of carbonyl (C=O) groups is 1. The molecular formula is C20H19ClN2O2. The summed E-state index contributed by atoms with van der Waals surface area (Å²) in [5.74, 6) is 0.569. The van der Waals surface area contributed by atoms with Gasteiger partial charge in [-0.1, -0.05) is 29.8 Å². The fourth-order valence-electron chi connectivity index (χ4n) is 2.78. The average Bonchev–Trinajstić information content (AvgIpc) is 2.60. The smallest absolute Gasteiger partial charge is 0.253 e. The first-order chi connectivity index (χ1) is 12.0. The van der Waals surface area contributed by atoms with E-state index in [9.17, 15) is 4.79 Å². The number of nitrogens with one attached hydrogen (secondary N) is 1. The van der Waals surface area contributed by atoms with Crippen LogP contribution < -0.4 is 10.1 Å². The summed E-state index contributed by atoms with van der Waals surface area (Å²) in [6.07, 6.45) is 0. The highest BCUT2D eigenvalue weighted by Gasteiger charge is 2.16. The normalized spacial score (nSPS) is 12.0. The van der Waals surface area contributed by atoms with Gasteiger partial charge in [0.25, 0.3) is 5.91 Å². The van der Waals surface area contributed by atoms with Gasteiger partial charge in [-0.25, -0.2) is 0 Å². The summed E-state index contributed by atoms with van der Waals surface area (Å²) in [7, 11) is 1.62. The number of benzene rings is 2. The summed E-state index contributed by atoms with van der Waals surface area (Å²) in [5.41, 5.74) is 2.90. The van der Waals surface area contributed by atoms with Crippen molar-refractivity contribution < 1.29 is 9.53 Å². The standard InChI is InChI=1S/C20H19ClN2O2/c1-12(16-6-4-5-7-18(16)21)23-20(24)17-10-14-8-9-15(25-3)11-19(14)22-13(17)2/h4-12H,1-3H3,(H,23,24). The van der Waals surface area contributed by atoms with Gasteiger partial charge >= 0.3 is 0 Å². The number of methoxy groups -OCH3 is 1. The van der Waals surface area contributed by atoms with Gasteiger partial charge in [0.2, 0.25) is 0 Å². The Hall–Kier alpha value is -2.59. The third-order valence-corrected chi connectivity index (χ3v) is 4.52. The lowest BCUT2D eigenvalue weighted by atomic mass is 10.1. The second kappa shape index (κ2) is 7.11. The predicted molar refractivity (Wildman–Crippen MR) is 100 cm³/mol. The van der Waals surface area contributed by atoms with Crippen LogP contribution in [0.15, 0.2) is 48.5 Å². The molecule has 128 valence electrons. The number of fused-ring (bicyclic) bond motifs is 1. The van der Waals surface area contributed by atoms with Crippen LogP contribution in [0.3, 0.4) is 0 Å². The summed E-state index contributed by atoms with van der Waals surface area (Å²) < 4.78 is 5.22. The van der Waals surface area contributed by atoms with Gasteiger partial charge in [-0.05, 0) is 43.7 Å². The van der Waals surface area contributed by atoms with Gasteiger partial charge in [-0.2, -0.15) is 0 Å². The molecule has 4 nitrogen and oxygen atoms in total. The van der Waals surface area contributed by atoms with E-state index in [-0.39, 0.29) is 11.9 Å². The van der Waals surface area contributed by atoms with Crippen molar-refractivity contribution in [2.75, 3.05) is 7.11 Å². The maximum Gasteiger partial charge on any atom is 0.253 e. The molecule has 1 aromatic heterocycles. The number of amides is 1. The van der Waals surface area contributed by atoms with Gasteiger partial charge in [-0.3, -0.25) is 9.78 Å². The highest BCUT2D eigenvalue weighted by Crippen LogP contribution is 2.24. The summed E-state index contributed by atoms with van der Waals surface area (Å²) in [4.78, 5) is 17.2. The second-order valence-electron chi connectivity index (χ2n) is 5.90. The van der Waals surface area contributed by atoms with E-state index in [1.165, 1.54) is 0 Å². The van der Waals surface area contributed by atoms with Crippen molar-refractivity contribution in [3.63, 3.8) is 0 Å². The van der Waals surface area contributed by atoms with E-state index in [1.54, 1.807) is 7.11 Å². The minimum atomic E-state index is -0.202. The highest BCUT2D eigenvalue weighted by molar-refractivity contribution is 6.31. The van der Waals surface area contributed by atoms with E-state index in [1.807, 2.05) is 62.4 Å². The van der Waals surface area contributed by atoms with E-state index in [0.717, 1.165) is 22.2 Å². The zero-order valence-electron chi connectivity index (χ0n) is 14.3. The lowest BCUT2D eigenvalue weighted by molar-refractivity contribution is 0.0939. The van der Waals surface area contributed by atoms with Crippen LogP contribution in [0.5, 0.6) is 5.75 Å². The Morgan fingerprint density at radius 2 is 1.96 bits per heavy atom. The Balaban J connectivity index is 1.89. The highest BCUT2D eigenvalue weighted by atomic mass is 35.5. The molecule has 3 aromatic rings. The van der Waals surface area contributed by atoms with Crippen molar-refractivity contribution in [2.24, 2.45) is 0 Å². The van der Waals surface area contributed by atoms with Crippen molar-refractivity contribution in [3.05, 3.63) is 70.4 Å². The average molecular weight is 355 g/mol. The Bertz CT molecular complexity index is 940. The molecule has 0 saturated heterocycles. The van der Waals surface area contributed by atoms with E-state index >= 15 is 0 Å². The molecule has 5 heteroatoms. The van der Waals surface area contributed by atoms with E-state index in [4.69, 9.17) is 16.3 Å². The number of hydrogen-bond acceptors (Lipinski definition) is 3. The van der Waals surface area contributed by atoms with Gasteiger partial charge < -0.3 is 10.1 Å². The molecule has 1 N–H and O–H groups in total. The number of aryl methyl sites for hydroxylation is 1. The molecule has 0 aliphatic carbocycles. The number of hydrogen-bond donors (Lipinski definition) is 1. The molecule has 0 bridgehead atoms. The maximum absolute atomic E-state index is 12.7. The maximum atomic E-state index is 12.7. The van der Waals surface area contributed by atoms with Crippen molar-refractivity contribution in [2.45, 2.75) is 19.9 Å². The van der Waals surface area contributed by atoms with Crippen LogP contribution in [0.1, 0.15) is 34.6 Å². The third kappa shape index (κ3) is 3.59. The molecule has 0 fully saturated rings. The predicted octanol–water partition coefficient (Wildman–Crippen LogP) is 4.70. The van der Waals surface area contributed by atoms with E-state index in [2.05, 4.69) is 10.3 Å². The van der Waals surface area contributed by atoms with Crippen molar-refractivity contribution in [1.29, 1.82) is 0 Å². The molecule has 0 radical (unpaired) electrons. The van der Waals surface area contributed by atoms with Gasteiger partial charge in [-0.15, -0.1) is 0 Å². The summed E-state index contributed by atoms with van der Waals surface area (Å²) >= 11 is 6.21. The first kappa shape index (κ1) is 17.2. The zero-order chi connectivity index (χ0) is 18.0. The fraction of sp³-hybridized carbons (Fsp3) is 0.200. The van der Waals surface area contributed by atoms with Gasteiger partial charge in [0.1, 0.15) is 5.75 Å². The number of pyridine rings is 1. The number of aromatic nitrogens is 1. The van der Waals surface area contributed by atoms with Gasteiger partial charge in [0.05, 0.1) is 29.9 Å². The van der Waals surface area contributed by atoms with E-state index < -0.39 is 0 Å². The molecular weight excluding hydrogens is 336 g/mol. The molecule has 1 unspecified atom stereocenters. The zero-order valence-corrected chi connectivity index (χ0v) is 15.1. The Kier molecular flexibility index (Phi) is 4.91. The van der Waals surface area contributed by atoms with Crippen LogP contribution >= 0.6 is 11.6 Å². The van der Waals surface area contributed by atoms with Crippen LogP contribution in [-0.2, 0) is 0 Å². The molecule has 1 atom stereocenters. The third-order valence-electron chi connectivity index (χ3n) is 4.18.